The number of carbonyl (C=O) groups is 1. The molecule has 0 spiro atoms. The number of rotatable bonds is 7. The van der Waals surface area contributed by atoms with Gasteiger partial charge in [-0.2, -0.15) is 0 Å². The first kappa shape index (κ1) is 19.3. The fourth-order valence-corrected chi connectivity index (χ4v) is 3.66. The molecule has 26 heavy (non-hydrogen) atoms. The van der Waals surface area contributed by atoms with Crippen LogP contribution in [0.2, 0.25) is 0 Å². The second-order valence-electron chi connectivity index (χ2n) is 7.30. The van der Waals surface area contributed by atoms with Crippen molar-refractivity contribution in [2.24, 2.45) is 5.73 Å². The second-order valence-corrected chi connectivity index (χ2v) is 7.30. The van der Waals surface area contributed by atoms with Crippen molar-refractivity contribution in [2.45, 2.75) is 45.1 Å². The lowest BCUT2D eigenvalue weighted by Gasteiger charge is -2.34. The summed E-state index contributed by atoms with van der Waals surface area (Å²) in [6.45, 7) is 9.99. The van der Waals surface area contributed by atoms with E-state index in [4.69, 9.17) is 10.5 Å². The third kappa shape index (κ3) is 5.27. The minimum atomic E-state index is -0.343. The lowest BCUT2D eigenvalue weighted by Crippen LogP contribution is -2.45. The molecule has 1 aromatic rings. The quantitative estimate of drug-likeness (QED) is 0.757. The van der Waals surface area contributed by atoms with Crippen LogP contribution >= 0.6 is 0 Å². The van der Waals surface area contributed by atoms with Crippen molar-refractivity contribution in [3.05, 3.63) is 35.4 Å². The highest BCUT2D eigenvalue weighted by Crippen LogP contribution is 2.19. The minimum Gasteiger partial charge on any atom is -0.364 e. The van der Waals surface area contributed by atoms with Gasteiger partial charge < -0.3 is 20.7 Å². The SMILES string of the molecule is CCN1CCN(Cc2ccc(CNC(=O)[C@@H]3CC[C@H](CN)O3)cc2)CC1. The first-order valence-corrected chi connectivity index (χ1v) is 9.83. The van der Waals surface area contributed by atoms with Crippen LogP contribution in [0.15, 0.2) is 24.3 Å². The number of ether oxygens (including phenoxy) is 1. The van der Waals surface area contributed by atoms with Gasteiger partial charge in [-0.3, -0.25) is 9.69 Å². The van der Waals surface area contributed by atoms with Gasteiger partial charge in [0.1, 0.15) is 6.10 Å². The zero-order valence-electron chi connectivity index (χ0n) is 15.8. The standard InChI is InChI=1S/C20H32N4O2/c1-2-23-9-11-24(12-10-23)15-17-5-3-16(4-6-17)14-22-20(25)19-8-7-18(13-21)26-19/h3-6,18-19H,2,7-15,21H2,1H3,(H,22,25)/t18-,19+/m1/s1. The van der Waals surface area contributed by atoms with E-state index in [1.165, 1.54) is 5.56 Å². The van der Waals surface area contributed by atoms with Gasteiger partial charge in [0.15, 0.2) is 0 Å². The molecule has 0 bridgehead atoms. The van der Waals surface area contributed by atoms with E-state index >= 15 is 0 Å². The van der Waals surface area contributed by atoms with Gasteiger partial charge in [0.25, 0.3) is 0 Å². The molecule has 2 fully saturated rings. The summed E-state index contributed by atoms with van der Waals surface area (Å²) in [5.74, 6) is -0.0289. The first-order chi connectivity index (χ1) is 12.7. The molecule has 2 aliphatic heterocycles. The van der Waals surface area contributed by atoms with Crippen molar-refractivity contribution in [1.82, 2.24) is 15.1 Å². The fourth-order valence-electron chi connectivity index (χ4n) is 3.66. The summed E-state index contributed by atoms with van der Waals surface area (Å²) < 4.78 is 5.63. The molecule has 3 N–H and O–H groups in total. The average molecular weight is 361 g/mol. The normalized spacial score (nSPS) is 24.7. The summed E-state index contributed by atoms with van der Waals surface area (Å²) in [5.41, 5.74) is 8.04. The van der Waals surface area contributed by atoms with Gasteiger partial charge in [-0.05, 0) is 30.5 Å². The maximum Gasteiger partial charge on any atom is 0.249 e. The van der Waals surface area contributed by atoms with E-state index in [0.29, 0.717) is 13.1 Å². The van der Waals surface area contributed by atoms with E-state index in [1.807, 2.05) is 0 Å². The Labute approximate surface area is 156 Å². The van der Waals surface area contributed by atoms with Gasteiger partial charge in [0, 0.05) is 45.8 Å². The van der Waals surface area contributed by atoms with Crippen LogP contribution in [-0.2, 0) is 22.6 Å². The van der Waals surface area contributed by atoms with Crippen LogP contribution in [0.4, 0.5) is 0 Å². The molecule has 2 saturated heterocycles. The zero-order chi connectivity index (χ0) is 18.4. The average Bonchev–Trinajstić information content (AvgIpc) is 3.17. The van der Waals surface area contributed by atoms with Crippen molar-refractivity contribution < 1.29 is 9.53 Å². The van der Waals surface area contributed by atoms with Crippen LogP contribution in [-0.4, -0.2) is 67.2 Å². The van der Waals surface area contributed by atoms with Crippen LogP contribution in [0.3, 0.4) is 0 Å². The van der Waals surface area contributed by atoms with Gasteiger partial charge in [0.05, 0.1) is 6.10 Å². The van der Waals surface area contributed by atoms with Crippen LogP contribution in [0, 0.1) is 0 Å². The number of amides is 1. The Morgan fingerprint density at radius 3 is 2.38 bits per heavy atom. The predicted octanol–water partition coefficient (Wildman–Crippen LogP) is 0.947. The Hall–Kier alpha value is -1.47. The fraction of sp³-hybridized carbons (Fsp3) is 0.650. The summed E-state index contributed by atoms with van der Waals surface area (Å²) in [4.78, 5) is 17.2. The molecule has 1 aromatic carbocycles. The summed E-state index contributed by atoms with van der Waals surface area (Å²) in [7, 11) is 0. The van der Waals surface area contributed by atoms with Crippen LogP contribution in [0.25, 0.3) is 0 Å². The molecule has 0 radical (unpaired) electrons. The Morgan fingerprint density at radius 1 is 1.12 bits per heavy atom. The van der Waals surface area contributed by atoms with Gasteiger partial charge in [-0.15, -0.1) is 0 Å². The molecule has 6 nitrogen and oxygen atoms in total. The topological polar surface area (TPSA) is 70.8 Å². The largest absolute Gasteiger partial charge is 0.364 e. The van der Waals surface area contributed by atoms with Gasteiger partial charge in [-0.1, -0.05) is 31.2 Å². The Balaban J connectivity index is 1.41. The Morgan fingerprint density at radius 2 is 1.77 bits per heavy atom. The maximum atomic E-state index is 12.2. The molecule has 3 rings (SSSR count). The van der Waals surface area contributed by atoms with Crippen molar-refractivity contribution in [3.63, 3.8) is 0 Å². The van der Waals surface area contributed by atoms with E-state index in [-0.39, 0.29) is 18.1 Å². The zero-order valence-corrected chi connectivity index (χ0v) is 15.8. The van der Waals surface area contributed by atoms with Crippen molar-refractivity contribution in [3.8, 4) is 0 Å². The number of nitrogens with two attached hydrogens (primary N) is 1. The van der Waals surface area contributed by atoms with E-state index in [1.54, 1.807) is 0 Å². The van der Waals surface area contributed by atoms with Crippen LogP contribution < -0.4 is 11.1 Å². The van der Waals surface area contributed by atoms with Crippen molar-refractivity contribution in [2.75, 3.05) is 39.3 Å². The van der Waals surface area contributed by atoms with Crippen LogP contribution in [0.1, 0.15) is 30.9 Å². The molecule has 1 amide bonds. The number of piperazine rings is 1. The van der Waals surface area contributed by atoms with E-state index in [2.05, 4.69) is 46.3 Å². The summed E-state index contributed by atoms with van der Waals surface area (Å²) in [5, 5.41) is 2.98. The summed E-state index contributed by atoms with van der Waals surface area (Å²) in [6.07, 6.45) is 1.32. The number of carbonyl (C=O) groups excluding carboxylic acids is 1. The molecule has 0 saturated carbocycles. The molecular formula is C20H32N4O2. The molecule has 0 unspecified atom stereocenters. The molecule has 2 heterocycles. The smallest absolute Gasteiger partial charge is 0.249 e. The second kappa shape index (κ2) is 9.46. The molecule has 6 heteroatoms. The number of nitrogens with zero attached hydrogens (tertiary/aromatic N) is 2. The van der Waals surface area contributed by atoms with Crippen LogP contribution in [0.5, 0.6) is 0 Å². The number of benzene rings is 1. The lowest BCUT2D eigenvalue weighted by atomic mass is 10.1. The molecule has 2 aliphatic rings. The third-order valence-corrected chi connectivity index (χ3v) is 5.47. The van der Waals surface area contributed by atoms with E-state index < -0.39 is 0 Å². The van der Waals surface area contributed by atoms with Gasteiger partial charge in [0.2, 0.25) is 5.91 Å². The predicted molar refractivity (Wildman–Crippen MR) is 103 cm³/mol. The highest BCUT2D eigenvalue weighted by atomic mass is 16.5. The third-order valence-electron chi connectivity index (χ3n) is 5.47. The molecular weight excluding hydrogens is 328 g/mol. The van der Waals surface area contributed by atoms with Crippen molar-refractivity contribution in [1.29, 1.82) is 0 Å². The van der Waals surface area contributed by atoms with E-state index in [0.717, 1.165) is 57.7 Å². The lowest BCUT2D eigenvalue weighted by molar-refractivity contribution is -0.132. The molecule has 0 aromatic heterocycles. The number of hydrogen-bond acceptors (Lipinski definition) is 5. The number of hydrogen-bond donors (Lipinski definition) is 2. The summed E-state index contributed by atoms with van der Waals surface area (Å²) >= 11 is 0. The van der Waals surface area contributed by atoms with E-state index in [9.17, 15) is 4.79 Å². The Bertz CT molecular complexity index is 570. The minimum absolute atomic E-state index is 0.0289. The summed E-state index contributed by atoms with van der Waals surface area (Å²) in [6, 6.07) is 8.56. The highest BCUT2D eigenvalue weighted by Gasteiger charge is 2.29. The monoisotopic (exact) mass is 360 g/mol. The number of nitrogens with one attached hydrogen (secondary N) is 1. The van der Waals surface area contributed by atoms with Gasteiger partial charge in [-0.25, -0.2) is 0 Å². The number of likely N-dealkylation sites (N-methyl/N-ethyl adjacent to an activating group) is 1. The molecule has 0 aliphatic carbocycles. The first-order valence-electron chi connectivity index (χ1n) is 9.83. The van der Waals surface area contributed by atoms with Crippen molar-refractivity contribution >= 4 is 5.91 Å². The molecule has 144 valence electrons. The maximum absolute atomic E-state index is 12.2. The Kier molecular flexibility index (Phi) is 7.02. The van der Waals surface area contributed by atoms with Gasteiger partial charge >= 0.3 is 0 Å². The molecule has 2 atom stereocenters. The highest BCUT2D eigenvalue weighted by molar-refractivity contribution is 5.81.